The summed E-state index contributed by atoms with van der Waals surface area (Å²) in [5.41, 5.74) is 0.724. The van der Waals surface area contributed by atoms with E-state index in [-0.39, 0.29) is 5.12 Å². The number of hydrogen-bond acceptors (Lipinski definition) is 6. The third-order valence-corrected chi connectivity index (χ3v) is 2.21. The van der Waals surface area contributed by atoms with Gasteiger partial charge in [0.25, 0.3) is 0 Å². The number of rotatable bonds is 3. The fourth-order valence-corrected chi connectivity index (χ4v) is 1.36. The van der Waals surface area contributed by atoms with Crippen LogP contribution in [0.3, 0.4) is 0 Å². The first-order valence-corrected chi connectivity index (χ1v) is 4.86. The monoisotopic (exact) mass is 226 g/mol. The van der Waals surface area contributed by atoms with Gasteiger partial charge in [-0.25, -0.2) is 4.79 Å². The number of ether oxygens (including phenoxy) is 1. The maximum absolute atomic E-state index is 11.4. The number of nitrogens with one attached hydrogen (secondary N) is 1. The molecule has 0 bridgehead atoms. The molecule has 0 heterocycles. The summed E-state index contributed by atoms with van der Waals surface area (Å²) >= 11 is 0.749. The van der Waals surface area contributed by atoms with Crippen molar-refractivity contribution in [1.29, 1.82) is 0 Å². The molecule has 5 nitrogen and oxygen atoms in total. The first-order chi connectivity index (χ1) is 7.19. The van der Waals surface area contributed by atoms with E-state index in [1.807, 2.05) is 0 Å². The number of carbonyl (C=O) groups excluding carboxylic acids is 2. The van der Waals surface area contributed by atoms with Gasteiger partial charge in [0.15, 0.2) is 0 Å². The SMILES string of the molecule is COC(=O)c1cccc(C(=O)SNN)c1. The second-order valence-corrected chi connectivity index (χ2v) is 3.39. The molecule has 1 aromatic carbocycles. The van der Waals surface area contributed by atoms with Crippen molar-refractivity contribution in [3.05, 3.63) is 35.4 Å². The number of nitrogens with two attached hydrogens (primary N) is 1. The molecule has 0 spiro atoms. The summed E-state index contributed by atoms with van der Waals surface area (Å²) < 4.78 is 4.53. The number of benzene rings is 1. The van der Waals surface area contributed by atoms with Crippen molar-refractivity contribution in [2.75, 3.05) is 7.11 Å². The van der Waals surface area contributed by atoms with E-state index in [1.165, 1.54) is 13.2 Å². The molecule has 15 heavy (non-hydrogen) atoms. The topological polar surface area (TPSA) is 81.4 Å². The molecule has 0 amide bonds. The lowest BCUT2D eigenvalue weighted by atomic mass is 10.1. The zero-order valence-electron chi connectivity index (χ0n) is 8.02. The van der Waals surface area contributed by atoms with Crippen LogP contribution in [-0.4, -0.2) is 18.2 Å². The Balaban J connectivity index is 2.92. The summed E-state index contributed by atoms with van der Waals surface area (Å²) in [5.74, 6) is 4.51. The van der Waals surface area contributed by atoms with Gasteiger partial charge in [0.05, 0.1) is 12.7 Å². The Kier molecular flexibility index (Phi) is 4.29. The molecule has 3 N–H and O–H groups in total. The Morgan fingerprint density at radius 3 is 2.67 bits per heavy atom. The third kappa shape index (κ3) is 3.05. The second-order valence-electron chi connectivity index (χ2n) is 2.58. The molecular weight excluding hydrogens is 216 g/mol. The average molecular weight is 226 g/mol. The predicted octanol–water partition coefficient (Wildman–Crippen LogP) is 0.725. The first kappa shape index (κ1) is 11.7. The fourth-order valence-electron chi connectivity index (χ4n) is 1.00. The minimum absolute atomic E-state index is 0.261. The average Bonchev–Trinajstić information content (AvgIpc) is 2.28. The number of hydrazine groups is 1. The highest BCUT2D eigenvalue weighted by Gasteiger charge is 2.10. The van der Waals surface area contributed by atoms with E-state index < -0.39 is 5.97 Å². The van der Waals surface area contributed by atoms with Crippen LogP contribution >= 0.6 is 11.9 Å². The normalized spacial score (nSPS) is 9.73. The van der Waals surface area contributed by atoms with Crippen LogP contribution in [-0.2, 0) is 4.74 Å². The molecule has 0 saturated carbocycles. The maximum atomic E-state index is 11.4. The van der Waals surface area contributed by atoms with Crippen LogP contribution in [0.5, 0.6) is 0 Å². The van der Waals surface area contributed by atoms with Crippen molar-refractivity contribution in [3.8, 4) is 0 Å². The molecule has 0 saturated heterocycles. The van der Waals surface area contributed by atoms with E-state index in [2.05, 4.69) is 9.57 Å². The smallest absolute Gasteiger partial charge is 0.337 e. The lowest BCUT2D eigenvalue weighted by Crippen LogP contribution is -2.15. The van der Waals surface area contributed by atoms with Crippen LogP contribution < -0.4 is 10.7 Å². The van der Waals surface area contributed by atoms with Gasteiger partial charge >= 0.3 is 5.97 Å². The van der Waals surface area contributed by atoms with Gasteiger partial charge in [0, 0.05) is 17.5 Å². The lowest BCUT2D eigenvalue weighted by Gasteiger charge is -2.02. The quantitative estimate of drug-likeness (QED) is 0.342. The third-order valence-electron chi connectivity index (χ3n) is 1.67. The van der Waals surface area contributed by atoms with Gasteiger partial charge in [-0.1, -0.05) is 12.1 Å². The van der Waals surface area contributed by atoms with Gasteiger partial charge in [0.1, 0.15) is 0 Å². The second kappa shape index (κ2) is 5.50. The molecule has 0 aliphatic carbocycles. The van der Waals surface area contributed by atoms with Crippen LogP contribution in [0.4, 0.5) is 0 Å². The van der Waals surface area contributed by atoms with E-state index in [1.54, 1.807) is 18.2 Å². The highest BCUT2D eigenvalue weighted by molar-refractivity contribution is 8.12. The van der Waals surface area contributed by atoms with Crippen LogP contribution in [0.15, 0.2) is 24.3 Å². The Labute approximate surface area is 91.1 Å². The number of hydrogen-bond donors (Lipinski definition) is 2. The van der Waals surface area contributed by atoms with E-state index >= 15 is 0 Å². The largest absolute Gasteiger partial charge is 0.465 e. The Morgan fingerprint density at radius 2 is 2.07 bits per heavy atom. The molecule has 0 unspecified atom stereocenters. The van der Waals surface area contributed by atoms with Crippen molar-refractivity contribution >= 4 is 23.0 Å². The number of methoxy groups -OCH3 is 1. The zero-order valence-corrected chi connectivity index (χ0v) is 8.84. The van der Waals surface area contributed by atoms with E-state index in [0.717, 1.165) is 11.9 Å². The summed E-state index contributed by atoms with van der Waals surface area (Å²) in [4.78, 5) is 24.7. The van der Waals surface area contributed by atoms with Gasteiger partial charge in [-0.3, -0.25) is 10.6 Å². The van der Waals surface area contributed by atoms with Gasteiger partial charge in [-0.2, -0.15) is 4.83 Å². The minimum atomic E-state index is -0.477. The van der Waals surface area contributed by atoms with E-state index in [9.17, 15) is 9.59 Å². The predicted molar refractivity (Wildman–Crippen MR) is 57.0 cm³/mol. The molecule has 0 aliphatic heterocycles. The van der Waals surface area contributed by atoms with Gasteiger partial charge in [0.2, 0.25) is 5.12 Å². The van der Waals surface area contributed by atoms with Crippen molar-refractivity contribution in [2.24, 2.45) is 5.84 Å². The lowest BCUT2D eigenvalue weighted by molar-refractivity contribution is 0.0600. The molecule has 80 valence electrons. The zero-order chi connectivity index (χ0) is 11.3. The molecule has 6 heteroatoms. The molecule has 0 radical (unpaired) electrons. The Morgan fingerprint density at radius 1 is 1.40 bits per heavy atom. The highest BCUT2D eigenvalue weighted by Crippen LogP contribution is 2.11. The van der Waals surface area contributed by atoms with Crippen molar-refractivity contribution < 1.29 is 14.3 Å². The van der Waals surface area contributed by atoms with Gasteiger partial charge in [-0.15, -0.1) is 0 Å². The summed E-state index contributed by atoms with van der Waals surface area (Å²) in [5, 5.41) is -0.261. The molecule has 0 aromatic heterocycles. The van der Waals surface area contributed by atoms with Crippen molar-refractivity contribution in [2.45, 2.75) is 0 Å². The summed E-state index contributed by atoms with van der Waals surface area (Å²) in [6.07, 6.45) is 0. The molecular formula is C9H10N2O3S. The minimum Gasteiger partial charge on any atom is -0.465 e. The summed E-state index contributed by atoms with van der Waals surface area (Å²) in [6, 6.07) is 6.23. The first-order valence-electron chi connectivity index (χ1n) is 4.04. The van der Waals surface area contributed by atoms with E-state index in [4.69, 9.17) is 5.84 Å². The number of carbonyl (C=O) groups is 2. The summed E-state index contributed by atoms with van der Waals surface area (Å²) in [6.45, 7) is 0. The molecule has 1 aromatic rings. The standard InChI is InChI=1S/C9H10N2O3S/c1-14-8(12)6-3-2-4-7(5-6)9(13)15-11-10/h2-5,11H,10H2,1H3. The highest BCUT2D eigenvalue weighted by atomic mass is 32.2. The molecule has 0 fully saturated rings. The van der Waals surface area contributed by atoms with Crippen LogP contribution in [0.2, 0.25) is 0 Å². The van der Waals surface area contributed by atoms with Crippen molar-refractivity contribution in [3.63, 3.8) is 0 Å². The molecule has 0 aliphatic rings. The molecule has 0 atom stereocenters. The Bertz CT molecular complexity index is 381. The van der Waals surface area contributed by atoms with E-state index in [0.29, 0.717) is 11.1 Å². The van der Waals surface area contributed by atoms with Crippen LogP contribution in [0.1, 0.15) is 20.7 Å². The molecule has 1 rings (SSSR count). The summed E-state index contributed by atoms with van der Waals surface area (Å²) in [7, 11) is 1.28. The van der Waals surface area contributed by atoms with Crippen LogP contribution in [0, 0.1) is 0 Å². The maximum Gasteiger partial charge on any atom is 0.337 e. The number of esters is 1. The Hall–Kier alpha value is -1.37. The van der Waals surface area contributed by atoms with Crippen molar-refractivity contribution in [1.82, 2.24) is 4.83 Å². The van der Waals surface area contributed by atoms with Gasteiger partial charge < -0.3 is 4.74 Å². The van der Waals surface area contributed by atoms with Gasteiger partial charge in [-0.05, 0) is 12.1 Å². The van der Waals surface area contributed by atoms with Crippen LogP contribution in [0.25, 0.3) is 0 Å². The fraction of sp³-hybridized carbons (Fsp3) is 0.111.